The zero-order valence-corrected chi connectivity index (χ0v) is 8.06. The molecule has 0 aliphatic rings. The smallest absolute Gasteiger partial charge is 0.118 e. The third-order valence-electron chi connectivity index (χ3n) is 1.33. The number of benzene rings is 1. The van der Waals surface area contributed by atoms with Crippen molar-refractivity contribution in [2.75, 3.05) is 13.7 Å². The molecule has 0 amide bonds. The van der Waals surface area contributed by atoms with E-state index in [4.69, 9.17) is 8.92 Å². The normalized spacial score (nSPS) is 9.83. The summed E-state index contributed by atoms with van der Waals surface area (Å²) >= 11 is 1.38. The topological polar surface area (TPSA) is 18.5 Å². The van der Waals surface area contributed by atoms with Gasteiger partial charge in [-0.15, -0.1) is 0 Å². The van der Waals surface area contributed by atoms with E-state index in [2.05, 4.69) is 0 Å². The Labute approximate surface area is 77.1 Å². The van der Waals surface area contributed by atoms with Crippen LogP contribution in [-0.2, 0) is 4.18 Å². The summed E-state index contributed by atoms with van der Waals surface area (Å²) < 4.78 is 10.2. The number of ether oxygens (including phenoxy) is 1. The number of hydrogen-bond acceptors (Lipinski definition) is 3. The zero-order valence-electron chi connectivity index (χ0n) is 7.24. The summed E-state index contributed by atoms with van der Waals surface area (Å²) in [5, 5.41) is 0. The molecule has 0 bridgehead atoms. The lowest BCUT2D eigenvalue weighted by Crippen LogP contribution is -1.82. The van der Waals surface area contributed by atoms with Crippen molar-refractivity contribution < 1.29 is 8.92 Å². The van der Waals surface area contributed by atoms with Crippen LogP contribution >= 0.6 is 12.0 Å². The lowest BCUT2D eigenvalue weighted by Gasteiger charge is -2.01. The van der Waals surface area contributed by atoms with Gasteiger partial charge in [-0.25, -0.2) is 0 Å². The molecule has 1 aromatic carbocycles. The van der Waals surface area contributed by atoms with E-state index in [1.807, 2.05) is 31.2 Å². The van der Waals surface area contributed by atoms with E-state index in [0.717, 1.165) is 17.3 Å². The molecule has 2 nitrogen and oxygen atoms in total. The van der Waals surface area contributed by atoms with Crippen molar-refractivity contribution in [1.29, 1.82) is 0 Å². The largest absolute Gasteiger partial charge is 0.497 e. The van der Waals surface area contributed by atoms with Crippen LogP contribution in [0.2, 0.25) is 0 Å². The Morgan fingerprint density at radius 1 is 1.25 bits per heavy atom. The summed E-state index contributed by atoms with van der Waals surface area (Å²) in [6.07, 6.45) is 0. The standard InChI is InChI=1S/C9H12O2S/c1-3-11-12-9-6-4-8(10-2)5-7-9/h4-7H,3H2,1-2H3. The van der Waals surface area contributed by atoms with Gasteiger partial charge in [-0.05, 0) is 31.2 Å². The van der Waals surface area contributed by atoms with Crippen molar-refractivity contribution >= 4 is 12.0 Å². The highest BCUT2D eigenvalue weighted by atomic mass is 32.2. The molecule has 0 N–H and O–H groups in total. The maximum absolute atomic E-state index is 5.17. The minimum Gasteiger partial charge on any atom is -0.497 e. The fourth-order valence-electron chi connectivity index (χ4n) is 0.758. The van der Waals surface area contributed by atoms with Crippen molar-refractivity contribution in [1.82, 2.24) is 0 Å². The van der Waals surface area contributed by atoms with Crippen molar-refractivity contribution in [3.8, 4) is 5.75 Å². The van der Waals surface area contributed by atoms with Gasteiger partial charge in [0.25, 0.3) is 0 Å². The van der Waals surface area contributed by atoms with E-state index < -0.39 is 0 Å². The molecule has 0 aliphatic heterocycles. The highest BCUT2D eigenvalue weighted by Gasteiger charge is 1.93. The molecule has 0 spiro atoms. The lowest BCUT2D eigenvalue weighted by atomic mass is 10.3. The average Bonchev–Trinajstić information content (AvgIpc) is 2.15. The van der Waals surface area contributed by atoms with Crippen molar-refractivity contribution in [3.63, 3.8) is 0 Å². The third kappa shape index (κ3) is 2.75. The van der Waals surface area contributed by atoms with Gasteiger partial charge < -0.3 is 8.92 Å². The predicted molar refractivity (Wildman–Crippen MR) is 50.5 cm³/mol. The Balaban J connectivity index is 2.53. The van der Waals surface area contributed by atoms with E-state index >= 15 is 0 Å². The summed E-state index contributed by atoms with van der Waals surface area (Å²) in [7, 11) is 1.66. The first-order valence-electron chi connectivity index (χ1n) is 3.80. The molecule has 0 saturated heterocycles. The van der Waals surface area contributed by atoms with Gasteiger partial charge in [-0.1, -0.05) is 0 Å². The van der Waals surface area contributed by atoms with Crippen LogP contribution in [0, 0.1) is 0 Å². The van der Waals surface area contributed by atoms with Crippen molar-refractivity contribution in [2.45, 2.75) is 11.8 Å². The quantitative estimate of drug-likeness (QED) is 0.670. The molecular formula is C9H12O2S. The van der Waals surface area contributed by atoms with Crippen LogP contribution in [0.25, 0.3) is 0 Å². The molecule has 1 aromatic rings. The van der Waals surface area contributed by atoms with Crippen LogP contribution in [0.15, 0.2) is 29.2 Å². The second-order valence-corrected chi connectivity index (χ2v) is 3.04. The van der Waals surface area contributed by atoms with Crippen LogP contribution in [0.1, 0.15) is 6.92 Å². The Kier molecular flexibility index (Phi) is 3.97. The Morgan fingerprint density at radius 2 is 1.92 bits per heavy atom. The predicted octanol–water partition coefficient (Wildman–Crippen LogP) is 2.74. The summed E-state index contributed by atoms with van der Waals surface area (Å²) in [5.41, 5.74) is 0. The Hall–Kier alpha value is -0.670. The van der Waals surface area contributed by atoms with Gasteiger partial charge in [0, 0.05) is 16.9 Å². The maximum atomic E-state index is 5.17. The van der Waals surface area contributed by atoms with Crippen LogP contribution in [-0.4, -0.2) is 13.7 Å². The van der Waals surface area contributed by atoms with Gasteiger partial charge in [-0.3, -0.25) is 0 Å². The van der Waals surface area contributed by atoms with Gasteiger partial charge in [-0.2, -0.15) is 0 Å². The Morgan fingerprint density at radius 3 is 2.42 bits per heavy atom. The first-order valence-corrected chi connectivity index (χ1v) is 4.54. The van der Waals surface area contributed by atoms with Gasteiger partial charge in [0.05, 0.1) is 13.7 Å². The van der Waals surface area contributed by atoms with E-state index in [9.17, 15) is 0 Å². The molecule has 0 fully saturated rings. The van der Waals surface area contributed by atoms with Gasteiger partial charge in [0.2, 0.25) is 0 Å². The monoisotopic (exact) mass is 184 g/mol. The molecule has 0 aromatic heterocycles. The van der Waals surface area contributed by atoms with Crippen molar-refractivity contribution in [3.05, 3.63) is 24.3 Å². The molecular weight excluding hydrogens is 172 g/mol. The molecule has 66 valence electrons. The van der Waals surface area contributed by atoms with E-state index in [0.29, 0.717) is 0 Å². The molecule has 12 heavy (non-hydrogen) atoms. The highest BCUT2D eigenvalue weighted by molar-refractivity contribution is 7.94. The summed E-state index contributed by atoms with van der Waals surface area (Å²) in [6.45, 7) is 2.69. The Bertz CT molecular complexity index is 220. The summed E-state index contributed by atoms with van der Waals surface area (Å²) in [4.78, 5) is 1.10. The van der Waals surface area contributed by atoms with Crippen molar-refractivity contribution in [2.24, 2.45) is 0 Å². The molecule has 0 saturated carbocycles. The van der Waals surface area contributed by atoms with Crippen LogP contribution in [0.3, 0.4) is 0 Å². The fourth-order valence-corrected chi connectivity index (χ4v) is 1.26. The second-order valence-electron chi connectivity index (χ2n) is 2.17. The SMILES string of the molecule is CCOSc1ccc(OC)cc1. The van der Waals surface area contributed by atoms with Crippen LogP contribution in [0.5, 0.6) is 5.75 Å². The molecule has 0 atom stereocenters. The first kappa shape index (κ1) is 9.42. The molecule has 3 heteroatoms. The first-order chi connectivity index (χ1) is 5.86. The summed E-state index contributed by atoms with van der Waals surface area (Å²) in [6, 6.07) is 7.78. The van der Waals surface area contributed by atoms with E-state index in [1.165, 1.54) is 12.0 Å². The molecule has 0 unspecified atom stereocenters. The second kappa shape index (κ2) is 5.06. The van der Waals surface area contributed by atoms with Gasteiger partial charge >= 0.3 is 0 Å². The molecule has 0 heterocycles. The van der Waals surface area contributed by atoms with E-state index in [-0.39, 0.29) is 0 Å². The van der Waals surface area contributed by atoms with Crippen LogP contribution < -0.4 is 4.74 Å². The van der Waals surface area contributed by atoms with E-state index in [1.54, 1.807) is 7.11 Å². The summed E-state index contributed by atoms with van der Waals surface area (Å²) in [5.74, 6) is 0.871. The number of rotatable bonds is 4. The third-order valence-corrected chi connectivity index (χ3v) is 2.15. The maximum Gasteiger partial charge on any atom is 0.118 e. The number of hydrogen-bond donors (Lipinski definition) is 0. The minimum absolute atomic E-state index is 0.719. The minimum atomic E-state index is 0.719. The molecule has 0 radical (unpaired) electrons. The lowest BCUT2D eigenvalue weighted by molar-refractivity contribution is 0.401. The highest BCUT2D eigenvalue weighted by Crippen LogP contribution is 2.21. The fraction of sp³-hybridized carbons (Fsp3) is 0.333. The molecule has 1 rings (SSSR count). The van der Waals surface area contributed by atoms with Crippen LogP contribution in [0.4, 0.5) is 0 Å². The molecule has 0 aliphatic carbocycles. The average molecular weight is 184 g/mol. The van der Waals surface area contributed by atoms with Gasteiger partial charge in [0.15, 0.2) is 0 Å². The zero-order chi connectivity index (χ0) is 8.81. The van der Waals surface area contributed by atoms with Gasteiger partial charge in [0.1, 0.15) is 5.75 Å². The number of methoxy groups -OCH3 is 1.